The Morgan fingerprint density at radius 1 is 0.798 bits per heavy atom. The van der Waals surface area contributed by atoms with E-state index < -0.39 is 19.5 Å². The molecule has 3 aromatic heterocycles. The molecule has 5 fully saturated rings. The zero-order valence-electron chi connectivity index (χ0n) is 60.3. The van der Waals surface area contributed by atoms with E-state index in [9.17, 15) is 19.8 Å². The lowest BCUT2D eigenvalue weighted by Gasteiger charge is -2.42. The molecule has 2 atom stereocenters. The van der Waals surface area contributed by atoms with Crippen LogP contribution in [0, 0.1) is 28.6 Å². The summed E-state index contributed by atoms with van der Waals surface area (Å²) in [5, 5.41) is 35.2. The zero-order valence-corrected chi connectivity index (χ0v) is 61.3. The van der Waals surface area contributed by atoms with Gasteiger partial charge in [-0.05, 0) is 161 Å². The van der Waals surface area contributed by atoms with Crippen LogP contribution in [0.15, 0.2) is 72.9 Å². The third-order valence-corrected chi connectivity index (χ3v) is 27.7. The van der Waals surface area contributed by atoms with Gasteiger partial charge in [0.1, 0.15) is 48.0 Å². The largest absolute Gasteiger partial charge is 0.508 e. The fourth-order valence-electron chi connectivity index (χ4n) is 16.1. The van der Waals surface area contributed by atoms with E-state index in [0.717, 1.165) is 119 Å². The number of benzene rings is 4. The van der Waals surface area contributed by atoms with Gasteiger partial charge in [0.25, 0.3) is 5.91 Å². The number of phenolic OH excluding ortho intramolecular Hbond substituents is 2. The van der Waals surface area contributed by atoms with E-state index in [1.807, 2.05) is 88.9 Å². The van der Waals surface area contributed by atoms with Crippen molar-refractivity contribution in [3.63, 3.8) is 0 Å². The highest BCUT2D eigenvalue weighted by molar-refractivity contribution is 6.90. The predicted molar refractivity (Wildman–Crippen MR) is 388 cm³/mol. The van der Waals surface area contributed by atoms with Crippen molar-refractivity contribution in [1.82, 2.24) is 54.6 Å². The third kappa shape index (κ3) is 15.1. The number of ether oxygens (including phenoxy) is 4. The molecular weight excluding hydrogens is 1270 g/mol. The molecule has 4 aliphatic heterocycles. The van der Waals surface area contributed by atoms with Crippen molar-refractivity contribution in [3.05, 3.63) is 101 Å². The number of aromatic nitrogens is 6. The lowest BCUT2D eigenvalue weighted by atomic mass is 9.95. The highest BCUT2D eigenvalue weighted by atomic mass is 28.3. The molecule has 99 heavy (non-hydrogen) atoms. The number of hydrogen-bond acceptors (Lipinski definition) is 17. The number of phenols is 2. The molecule has 22 heteroatoms. The number of likely N-dealkylation sites (tertiary alicyclic amines) is 1. The van der Waals surface area contributed by atoms with Crippen LogP contribution in [0.4, 0.5) is 15.0 Å². The average Bonchev–Trinajstić information content (AvgIpc) is 1.18. The monoisotopic (exact) mass is 1370 g/mol. The van der Waals surface area contributed by atoms with Gasteiger partial charge in [0.05, 0.1) is 29.6 Å². The van der Waals surface area contributed by atoms with E-state index in [0.29, 0.717) is 93.9 Å². The minimum Gasteiger partial charge on any atom is -0.508 e. The maximum absolute atomic E-state index is 18.3. The standard InChI is InChI=1S/C77H101FN12O8Si/c1-14-79-73(93)72-84-83-71(61-38-60(48(2)3)64(91)39-65(61)92)90(72)56-20-18-52(19-21-56)41-85-29-24-53(25-30-85)42-86-31-33-87(34-32-86)45-77(27-28-77)46-96-74-81-69-63(70(82-74)88-43-57-22-23-58(44-88)89(57)75(94)98-76(10,11)12)40-80-68(67(69)78)62-37-59(97-47-95-13)36-55-17-15-16-54(66(55)62)26-35-99(49(4)5,50(6)7)51(8)9/h15-21,36-40,48-51,53,57-58,91-92H,14,22-25,27-34,41-47H2,1-13H3,(H,79,93). The number of methoxy groups -OCH3 is 1. The average molecular weight is 1370 g/mol. The number of piperidine rings is 1. The van der Waals surface area contributed by atoms with Gasteiger partial charge >= 0.3 is 12.1 Å². The van der Waals surface area contributed by atoms with Gasteiger partial charge in [0.15, 0.2) is 18.4 Å². The Hall–Kier alpha value is -7.94. The third-order valence-electron chi connectivity index (χ3n) is 21.4. The molecule has 0 spiro atoms. The molecule has 0 radical (unpaired) electrons. The number of hydrogen-bond donors (Lipinski definition) is 3. The van der Waals surface area contributed by atoms with Crippen LogP contribution in [-0.4, -0.2) is 190 Å². The van der Waals surface area contributed by atoms with Crippen molar-refractivity contribution in [3.8, 4) is 63.1 Å². The molecule has 20 nitrogen and oxygen atoms in total. The smallest absolute Gasteiger partial charge is 0.410 e. The van der Waals surface area contributed by atoms with E-state index in [2.05, 4.69) is 100 Å². The van der Waals surface area contributed by atoms with Crippen molar-refractivity contribution >= 4 is 47.6 Å². The lowest BCUT2D eigenvalue weighted by molar-refractivity contribution is 0.0122. The van der Waals surface area contributed by atoms with Crippen LogP contribution in [0.2, 0.25) is 16.6 Å². The number of halogens is 1. The van der Waals surface area contributed by atoms with Crippen LogP contribution in [0.5, 0.6) is 23.3 Å². The fourth-order valence-corrected chi connectivity index (χ4v) is 21.3. The summed E-state index contributed by atoms with van der Waals surface area (Å²) in [7, 11) is -0.602. The molecule has 5 aliphatic rings. The number of pyridine rings is 1. The minimum atomic E-state index is -2.17. The Balaban J connectivity index is 0.727. The Morgan fingerprint density at radius 3 is 2.12 bits per heavy atom. The number of aromatic hydroxyl groups is 2. The molecule has 3 N–H and O–H groups in total. The summed E-state index contributed by atoms with van der Waals surface area (Å²) in [4.78, 5) is 53.9. The van der Waals surface area contributed by atoms with Gasteiger partial charge < -0.3 is 49.2 Å². The van der Waals surface area contributed by atoms with E-state index >= 15 is 4.39 Å². The summed E-state index contributed by atoms with van der Waals surface area (Å²) in [5.74, 6) is 4.60. The molecule has 2 amide bonds. The predicted octanol–water partition coefficient (Wildman–Crippen LogP) is 13.3. The van der Waals surface area contributed by atoms with Gasteiger partial charge in [0.2, 0.25) is 5.82 Å². The second-order valence-corrected chi connectivity index (χ2v) is 36.2. The summed E-state index contributed by atoms with van der Waals surface area (Å²) in [6, 6.07) is 20.8. The second kappa shape index (κ2) is 29.3. The van der Waals surface area contributed by atoms with Crippen molar-refractivity contribution in [2.45, 2.75) is 168 Å². The van der Waals surface area contributed by atoms with E-state index in [1.165, 1.54) is 6.07 Å². The molecule has 7 heterocycles. The van der Waals surface area contributed by atoms with E-state index in [1.54, 1.807) is 23.9 Å². The number of fused-ring (bicyclic) bond motifs is 4. The van der Waals surface area contributed by atoms with Crippen LogP contribution < -0.4 is 19.7 Å². The Kier molecular flexibility index (Phi) is 21.0. The zero-order chi connectivity index (χ0) is 70.2. The topological polar surface area (TPSA) is 209 Å². The van der Waals surface area contributed by atoms with Crippen molar-refractivity contribution in [2.24, 2.45) is 11.3 Å². The van der Waals surface area contributed by atoms with Crippen molar-refractivity contribution in [2.75, 3.05) is 97.4 Å². The summed E-state index contributed by atoms with van der Waals surface area (Å²) < 4.78 is 44.2. The molecule has 7 aromatic rings. The maximum Gasteiger partial charge on any atom is 0.410 e. The first kappa shape index (κ1) is 70.9. The van der Waals surface area contributed by atoms with Gasteiger partial charge in [-0.3, -0.25) is 24.1 Å². The van der Waals surface area contributed by atoms with Gasteiger partial charge in [-0.1, -0.05) is 85.6 Å². The van der Waals surface area contributed by atoms with Gasteiger partial charge in [-0.25, -0.2) is 9.18 Å². The van der Waals surface area contributed by atoms with Crippen LogP contribution >= 0.6 is 0 Å². The molecule has 12 rings (SSSR count). The first-order chi connectivity index (χ1) is 47.4. The molecule has 1 saturated carbocycles. The van der Waals surface area contributed by atoms with Crippen molar-refractivity contribution < 1.29 is 43.1 Å². The van der Waals surface area contributed by atoms with Gasteiger partial charge in [-0.2, -0.15) is 9.97 Å². The molecule has 2 unspecified atom stereocenters. The molecule has 528 valence electrons. The van der Waals surface area contributed by atoms with E-state index in [-0.39, 0.29) is 76.8 Å². The number of rotatable bonds is 22. The van der Waals surface area contributed by atoms with Crippen LogP contribution in [0.1, 0.15) is 155 Å². The normalized spacial score (nSPS) is 18.6. The Bertz CT molecular complexity index is 4110. The second-order valence-electron chi connectivity index (χ2n) is 30.6. The number of anilines is 1. The SMILES string of the molecule is CCNC(=O)c1nnc(-c2cc(C(C)C)c(O)cc2O)n1-c1ccc(CN2CCC(CN3CCN(CC4(COc5nc(N6CC7CCC(C6)N7C(=O)OC(C)(C)C)c6cnc(-c7cc(OCOC)cc8cccc(C#C[Si](C(C)C)(C(C)C)C(C)C)c78)c(F)c6n5)CC4)CC3)CC2)cc1. The quantitative estimate of drug-likeness (QED) is 0.0327. The fraction of sp³-hybridized carbons (Fsp3) is 0.545. The van der Waals surface area contributed by atoms with Crippen LogP contribution in [0.3, 0.4) is 0 Å². The number of carbonyl (C=O) groups is 2. The Labute approximate surface area is 584 Å². The molecular formula is C77H101FN12O8Si. The number of piperazine rings is 2. The minimum absolute atomic E-state index is 0.00395. The molecule has 1 aliphatic carbocycles. The first-order valence-corrected chi connectivity index (χ1v) is 38.1. The summed E-state index contributed by atoms with van der Waals surface area (Å²) in [6.45, 7) is 35.8. The lowest BCUT2D eigenvalue weighted by Crippen LogP contribution is -2.57. The maximum atomic E-state index is 18.3. The molecule has 4 aromatic carbocycles. The molecule has 2 bridgehead atoms. The van der Waals surface area contributed by atoms with Crippen LogP contribution in [-0.2, 0) is 16.0 Å². The number of nitrogens with one attached hydrogen (secondary N) is 1. The van der Waals surface area contributed by atoms with Crippen molar-refractivity contribution in [1.29, 1.82) is 0 Å². The Morgan fingerprint density at radius 2 is 1.48 bits per heavy atom. The number of amides is 2. The number of carbonyl (C=O) groups excluding carboxylic acids is 2. The summed E-state index contributed by atoms with van der Waals surface area (Å²) in [5.41, 5.74) is 8.87. The highest BCUT2D eigenvalue weighted by Gasteiger charge is 2.48. The number of nitrogens with zero attached hydrogens (tertiary/aromatic N) is 11. The first-order valence-electron chi connectivity index (χ1n) is 35.9. The van der Waals surface area contributed by atoms with Crippen LogP contribution in [0.25, 0.3) is 50.0 Å². The highest BCUT2D eigenvalue weighted by Crippen LogP contribution is 2.48. The molecule has 4 saturated heterocycles. The summed E-state index contributed by atoms with van der Waals surface area (Å²) >= 11 is 0. The van der Waals surface area contributed by atoms with Gasteiger partial charge in [-0.15, -0.1) is 15.7 Å². The van der Waals surface area contributed by atoms with E-state index in [4.69, 9.17) is 33.9 Å². The van der Waals surface area contributed by atoms with Gasteiger partial charge in [0, 0.05) is 112 Å². The summed E-state index contributed by atoms with van der Waals surface area (Å²) in [6.07, 6.45) is 7.27.